The van der Waals surface area contributed by atoms with Crippen molar-refractivity contribution in [2.24, 2.45) is 0 Å². The fourth-order valence-corrected chi connectivity index (χ4v) is 3.82. The number of hydrogen-bond donors (Lipinski definition) is 4. The molecule has 1 atom stereocenters. The van der Waals surface area contributed by atoms with Crippen molar-refractivity contribution in [3.63, 3.8) is 0 Å². The van der Waals surface area contributed by atoms with E-state index in [0.717, 1.165) is 40.8 Å². The lowest BCUT2D eigenvalue weighted by molar-refractivity contribution is 0.0934. The van der Waals surface area contributed by atoms with E-state index in [1.165, 1.54) is 0 Å². The molecule has 1 aliphatic heterocycles. The molecule has 0 unspecified atom stereocenters. The van der Waals surface area contributed by atoms with Crippen molar-refractivity contribution in [2.75, 3.05) is 6.54 Å². The van der Waals surface area contributed by atoms with Crippen LogP contribution in [0.1, 0.15) is 33.6 Å². The van der Waals surface area contributed by atoms with Crippen molar-refractivity contribution in [1.82, 2.24) is 20.8 Å². The molecule has 7 heteroatoms. The van der Waals surface area contributed by atoms with E-state index in [0.29, 0.717) is 12.0 Å². The zero-order chi connectivity index (χ0) is 20.2. The smallest absolute Gasteiger partial charge is 0.404 e. The Labute approximate surface area is 168 Å². The molecule has 0 radical (unpaired) electrons. The lowest BCUT2D eigenvalue weighted by atomic mass is 10.0. The molecular formula is C22H22N4O3. The van der Waals surface area contributed by atoms with Gasteiger partial charge in [-0.25, -0.2) is 4.79 Å². The Balaban J connectivity index is 1.60. The lowest BCUT2D eigenvalue weighted by Gasteiger charge is -2.19. The Morgan fingerprint density at radius 2 is 2.07 bits per heavy atom. The molecule has 148 valence electrons. The Morgan fingerprint density at radius 1 is 1.24 bits per heavy atom. The van der Waals surface area contributed by atoms with Crippen LogP contribution in [0.25, 0.3) is 17.2 Å². The molecule has 7 nitrogen and oxygen atoms in total. The summed E-state index contributed by atoms with van der Waals surface area (Å²) in [6, 6.07) is 11.2. The lowest BCUT2D eigenvalue weighted by Crippen LogP contribution is -2.44. The first-order valence-corrected chi connectivity index (χ1v) is 9.59. The number of H-pyrrole nitrogens is 1. The molecule has 0 fully saturated rings. The second-order valence-electron chi connectivity index (χ2n) is 7.12. The quantitative estimate of drug-likeness (QED) is 0.519. The number of aromatic nitrogens is 2. The number of rotatable bonds is 6. The molecule has 2 aliphatic carbocycles. The minimum atomic E-state index is -1.11. The van der Waals surface area contributed by atoms with Crippen molar-refractivity contribution in [3.05, 3.63) is 71.1 Å². The molecule has 3 aliphatic rings. The first-order valence-electron chi connectivity index (χ1n) is 9.59. The third kappa shape index (κ3) is 4.13. The summed E-state index contributed by atoms with van der Waals surface area (Å²) in [6.45, 7) is 0.133. The number of nitrogens with one attached hydrogen (secondary N) is 3. The Morgan fingerprint density at radius 3 is 2.86 bits per heavy atom. The summed E-state index contributed by atoms with van der Waals surface area (Å²) in [5.74, 6) is -0.197. The fourth-order valence-electron chi connectivity index (χ4n) is 3.82. The van der Waals surface area contributed by atoms with Crippen molar-refractivity contribution < 1.29 is 14.7 Å². The van der Waals surface area contributed by atoms with Gasteiger partial charge in [-0.1, -0.05) is 36.4 Å². The molecule has 0 saturated carbocycles. The van der Waals surface area contributed by atoms with Gasteiger partial charge in [0.1, 0.15) is 0 Å². The van der Waals surface area contributed by atoms with Gasteiger partial charge in [0.15, 0.2) is 0 Å². The molecule has 0 spiro atoms. The summed E-state index contributed by atoms with van der Waals surface area (Å²) in [4.78, 5) is 24.1. The summed E-state index contributed by atoms with van der Waals surface area (Å²) < 4.78 is 0. The Kier molecular flexibility index (Phi) is 5.29. The molecule has 0 saturated heterocycles. The maximum atomic E-state index is 13.1. The highest BCUT2D eigenvalue weighted by Gasteiger charge is 2.25. The predicted octanol–water partition coefficient (Wildman–Crippen LogP) is 3.08. The maximum absolute atomic E-state index is 13.1. The number of benzene rings is 1. The second kappa shape index (κ2) is 8.18. The van der Waals surface area contributed by atoms with Crippen LogP contribution in [0.15, 0.2) is 48.7 Å². The number of amides is 2. The van der Waals surface area contributed by atoms with Gasteiger partial charge in [0.2, 0.25) is 0 Å². The maximum Gasteiger partial charge on any atom is 0.404 e. The molecule has 4 N–H and O–H groups in total. The van der Waals surface area contributed by atoms with Gasteiger partial charge >= 0.3 is 6.09 Å². The van der Waals surface area contributed by atoms with E-state index >= 15 is 0 Å². The zero-order valence-electron chi connectivity index (χ0n) is 15.8. The Bertz CT molecular complexity index is 1030. The number of nitrogens with zero attached hydrogens (tertiary/aromatic N) is 1. The highest BCUT2D eigenvalue weighted by atomic mass is 16.4. The molecule has 4 rings (SSSR count). The minimum absolute atomic E-state index is 0.133. The van der Waals surface area contributed by atoms with Crippen LogP contribution in [0.5, 0.6) is 0 Å². The molecule has 29 heavy (non-hydrogen) atoms. The number of aromatic amines is 1. The summed E-state index contributed by atoms with van der Waals surface area (Å²) in [5.41, 5.74) is 5.43. The predicted molar refractivity (Wildman–Crippen MR) is 110 cm³/mol. The van der Waals surface area contributed by atoms with Gasteiger partial charge in [0.05, 0.1) is 11.7 Å². The highest BCUT2D eigenvalue weighted by Crippen LogP contribution is 2.36. The third-order valence-corrected chi connectivity index (χ3v) is 5.12. The van der Waals surface area contributed by atoms with E-state index in [1.54, 1.807) is 6.20 Å². The molecule has 1 heterocycles. The molecule has 1 aromatic carbocycles. The van der Waals surface area contributed by atoms with Crippen molar-refractivity contribution in [3.8, 4) is 11.1 Å². The van der Waals surface area contributed by atoms with Gasteiger partial charge in [0.25, 0.3) is 5.91 Å². The van der Waals surface area contributed by atoms with Gasteiger partial charge in [-0.15, -0.1) is 0 Å². The van der Waals surface area contributed by atoms with Crippen molar-refractivity contribution >= 4 is 18.1 Å². The van der Waals surface area contributed by atoms with Gasteiger partial charge in [-0.05, 0) is 42.5 Å². The summed E-state index contributed by atoms with van der Waals surface area (Å²) in [7, 11) is 0. The standard InChI is InChI=1S/C22H22N4O3/c27-21(25-16(13-23-22(28)29)10-14-6-2-1-3-7-14)18-11-15-12-24-26-19-9-5-4-8-17(18)20(15)19/h1-3,5-7,9,11-12,16,23-24H,4,8,10,13H2,(H,25,27)(H,28,29)/t16-/m0/s1. The average molecular weight is 390 g/mol. The number of hydrogen-bond acceptors (Lipinski definition) is 3. The molecule has 2 amide bonds. The number of carboxylic acid groups (broad SMARTS) is 1. The van der Waals surface area contributed by atoms with Crippen LogP contribution in [-0.2, 0) is 12.8 Å². The van der Waals surface area contributed by atoms with E-state index in [2.05, 4.69) is 26.9 Å². The van der Waals surface area contributed by atoms with Gasteiger partial charge in [0, 0.05) is 29.4 Å². The van der Waals surface area contributed by atoms with Crippen molar-refractivity contribution in [2.45, 2.75) is 25.3 Å². The average Bonchev–Trinajstić information content (AvgIpc) is 2.95. The summed E-state index contributed by atoms with van der Waals surface area (Å²) >= 11 is 0. The van der Waals surface area contributed by atoms with Crippen LogP contribution in [0.3, 0.4) is 0 Å². The molecule has 1 aromatic rings. The Hall–Kier alpha value is -3.61. The van der Waals surface area contributed by atoms with Crippen LogP contribution in [0.2, 0.25) is 0 Å². The largest absolute Gasteiger partial charge is 0.465 e. The minimum Gasteiger partial charge on any atom is -0.465 e. The second-order valence-corrected chi connectivity index (χ2v) is 7.12. The van der Waals surface area contributed by atoms with E-state index in [9.17, 15) is 9.59 Å². The molecule has 0 bridgehead atoms. The normalized spacial score (nSPS) is 13.7. The van der Waals surface area contributed by atoms with Gasteiger partial charge < -0.3 is 15.7 Å². The van der Waals surface area contributed by atoms with E-state index in [4.69, 9.17) is 5.11 Å². The number of carbonyl (C=O) groups is 2. The van der Waals surface area contributed by atoms with E-state index in [-0.39, 0.29) is 18.5 Å². The van der Waals surface area contributed by atoms with Crippen molar-refractivity contribution in [1.29, 1.82) is 0 Å². The van der Waals surface area contributed by atoms with Crippen LogP contribution in [0, 0.1) is 0 Å². The molecular weight excluding hydrogens is 368 g/mol. The first-order chi connectivity index (χ1) is 14.1. The van der Waals surface area contributed by atoms with Gasteiger partial charge in [-0.3, -0.25) is 9.89 Å². The monoisotopic (exact) mass is 390 g/mol. The van der Waals surface area contributed by atoms with Gasteiger partial charge in [-0.2, -0.15) is 5.10 Å². The topological polar surface area (TPSA) is 107 Å². The zero-order valence-corrected chi connectivity index (χ0v) is 15.8. The third-order valence-electron chi connectivity index (χ3n) is 5.12. The highest BCUT2D eigenvalue weighted by molar-refractivity contribution is 6.01. The fraction of sp³-hybridized carbons (Fsp3) is 0.227. The van der Waals surface area contributed by atoms with Crippen LogP contribution in [-0.4, -0.2) is 39.9 Å². The molecule has 0 aromatic heterocycles. The number of carbonyl (C=O) groups excluding carboxylic acids is 1. The summed E-state index contributed by atoms with van der Waals surface area (Å²) in [5, 5.41) is 21.6. The van der Waals surface area contributed by atoms with Crippen LogP contribution in [0.4, 0.5) is 4.79 Å². The first kappa shape index (κ1) is 18.7. The van der Waals surface area contributed by atoms with Crippen LogP contribution >= 0.6 is 0 Å². The van der Waals surface area contributed by atoms with E-state index in [1.807, 2.05) is 42.5 Å². The summed E-state index contributed by atoms with van der Waals surface area (Å²) in [6.07, 6.45) is 6.86. The van der Waals surface area contributed by atoms with Crippen LogP contribution < -0.4 is 10.6 Å². The van der Waals surface area contributed by atoms with E-state index < -0.39 is 6.09 Å². The SMILES string of the molecule is O=C(O)NC[C@H](Cc1ccccc1)NC(=O)c1cc2c[nH]nc3c-2c1CCC=C3. The number of allylic oxidation sites excluding steroid dienone is 1.